The number of nitrogens with one attached hydrogen (secondary N) is 1. The Morgan fingerprint density at radius 3 is 2.68 bits per heavy atom. The highest BCUT2D eigenvalue weighted by Gasteiger charge is 2.27. The molecule has 0 saturated heterocycles. The van der Waals surface area contributed by atoms with Gasteiger partial charge in [-0.1, -0.05) is 28.1 Å². The molecule has 0 aliphatic rings. The lowest BCUT2D eigenvalue weighted by Crippen LogP contribution is -2.21. The Labute approximate surface area is 119 Å². The van der Waals surface area contributed by atoms with Crippen LogP contribution in [0.1, 0.15) is 17.9 Å². The number of alkyl halides is 3. The van der Waals surface area contributed by atoms with Crippen LogP contribution in [-0.2, 0) is 4.74 Å². The molecule has 0 amide bonds. The maximum absolute atomic E-state index is 12.0. The van der Waals surface area contributed by atoms with E-state index in [0.29, 0.717) is 13.0 Å². The van der Waals surface area contributed by atoms with Gasteiger partial charge in [-0.25, -0.2) is 0 Å². The molecule has 6 heteroatoms. The van der Waals surface area contributed by atoms with Crippen LogP contribution in [-0.4, -0.2) is 33.0 Å². The SMILES string of the molecule is CNCC(CCOCC(F)(F)F)c1cccc(Br)c1. The van der Waals surface area contributed by atoms with Gasteiger partial charge in [0.1, 0.15) is 6.61 Å². The summed E-state index contributed by atoms with van der Waals surface area (Å²) in [6, 6.07) is 7.78. The molecule has 1 aromatic carbocycles. The first kappa shape index (κ1) is 16.5. The van der Waals surface area contributed by atoms with Gasteiger partial charge in [0.2, 0.25) is 0 Å². The second kappa shape index (κ2) is 7.87. The zero-order chi connectivity index (χ0) is 14.3. The monoisotopic (exact) mass is 339 g/mol. The molecule has 108 valence electrons. The Morgan fingerprint density at radius 2 is 2.11 bits per heavy atom. The van der Waals surface area contributed by atoms with Gasteiger partial charge in [0, 0.05) is 17.6 Å². The first-order valence-corrected chi connectivity index (χ1v) is 6.76. The first-order valence-electron chi connectivity index (χ1n) is 5.97. The predicted octanol–water partition coefficient (Wildman–Crippen LogP) is 3.72. The summed E-state index contributed by atoms with van der Waals surface area (Å²) in [5.41, 5.74) is 1.08. The van der Waals surface area contributed by atoms with E-state index in [1.54, 1.807) is 0 Å². The van der Waals surface area contributed by atoms with Crippen LogP contribution in [0.15, 0.2) is 28.7 Å². The Kier molecular flexibility index (Phi) is 6.82. The summed E-state index contributed by atoms with van der Waals surface area (Å²) in [7, 11) is 1.82. The fourth-order valence-corrected chi connectivity index (χ4v) is 2.22. The molecule has 0 fully saturated rings. The van der Waals surface area contributed by atoms with Crippen molar-refractivity contribution in [3.63, 3.8) is 0 Å². The van der Waals surface area contributed by atoms with Crippen molar-refractivity contribution in [3.05, 3.63) is 34.3 Å². The lowest BCUT2D eigenvalue weighted by molar-refractivity contribution is -0.174. The zero-order valence-corrected chi connectivity index (χ0v) is 12.2. The quantitative estimate of drug-likeness (QED) is 0.764. The first-order chi connectivity index (χ1) is 8.92. The summed E-state index contributed by atoms with van der Waals surface area (Å²) < 4.78 is 41.5. The average molecular weight is 340 g/mol. The van der Waals surface area contributed by atoms with Crippen molar-refractivity contribution in [2.75, 3.05) is 26.8 Å². The van der Waals surface area contributed by atoms with Gasteiger partial charge in [-0.3, -0.25) is 0 Å². The molecule has 0 aromatic heterocycles. The van der Waals surface area contributed by atoms with Crippen molar-refractivity contribution in [2.24, 2.45) is 0 Å². The maximum atomic E-state index is 12.0. The van der Waals surface area contributed by atoms with Crippen LogP contribution in [0, 0.1) is 0 Å². The van der Waals surface area contributed by atoms with Crippen molar-refractivity contribution in [1.82, 2.24) is 5.32 Å². The summed E-state index contributed by atoms with van der Waals surface area (Å²) in [4.78, 5) is 0. The molecular weight excluding hydrogens is 323 g/mol. The number of hydrogen-bond acceptors (Lipinski definition) is 2. The van der Waals surface area contributed by atoms with Gasteiger partial charge >= 0.3 is 6.18 Å². The Balaban J connectivity index is 2.49. The molecule has 0 radical (unpaired) electrons. The van der Waals surface area contributed by atoms with E-state index in [-0.39, 0.29) is 12.5 Å². The van der Waals surface area contributed by atoms with Gasteiger partial charge in [-0.2, -0.15) is 13.2 Å². The van der Waals surface area contributed by atoms with E-state index in [9.17, 15) is 13.2 Å². The predicted molar refractivity (Wildman–Crippen MR) is 72.3 cm³/mol. The van der Waals surface area contributed by atoms with E-state index >= 15 is 0 Å². The number of likely N-dealkylation sites (N-methyl/N-ethyl adjacent to an activating group) is 1. The molecule has 0 heterocycles. The van der Waals surface area contributed by atoms with Crippen LogP contribution in [0.5, 0.6) is 0 Å². The van der Waals surface area contributed by atoms with Crippen LogP contribution in [0.2, 0.25) is 0 Å². The van der Waals surface area contributed by atoms with Gasteiger partial charge < -0.3 is 10.1 Å². The molecule has 2 nitrogen and oxygen atoms in total. The summed E-state index contributed by atoms with van der Waals surface area (Å²) in [6.45, 7) is -0.387. The van der Waals surface area contributed by atoms with E-state index in [1.807, 2.05) is 31.3 Å². The highest BCUT2D eigenvalue weighted by atomic mass is 79.9. The number of ether oxygens (including phenoxy) is 1. The topological polar surface area (TPSA) is 21.3 Å². The maximum Gasteiger partial charge on any atom is 0.411 e. The molecule has 0 saturated carbocycles. The standard InChI is InChI=1S/C13H17BrF3NO/c1-18-8-11(5-6-19-9-13(15,16)17)10-3-2-4-12(14)7-10/h2-4,7,11,18H,5-6,8-9H2,1H3. The highest BCUT2D eigenvalue weighted by molar-refractivity contribution is 9.10. The molecule has 1 unspecified atom stereocenters. The van der Waals surface area contributed by atoms with E-state index < -0.39 is 12.8 Å². The minimum atomic E-state index is -4.26. The Morgan fingerprint density at radius 1 is 1.37 bits per heavy atom. The van der Waals surface area contributed by atoms with Crippen molar-refractivity contribution in [3.8, 4) is 0 Å². The number of rotatable bonds is 7. The number of halogens is 4. The van der Waals surface area contributed by atoms with Gasteiger partial charge in [-0.15, -0.1) is 0 Å². The molecule has 0 spiro atoms. The Hall–Kier alpha value is -0.590. The van der Waals surface area contributed by atoms with Crippen molar-refractivity contribution < 1.29 is 17.9 Å². The molecule has 0 bridgehead atoms. The number of benzene rings is 1. The van der Waals surface area contributed by atoms with Crippen LogP contribution in [0.25, 0.3) is 0 Å². The zero-order valence-electron chi connectivity index (χ0n) is 10.6. The normalized spacial score (nSPS) is 13.5. The highest BCUT2D eigenvalue weighted by Crippen LogP contribution is 2.23. The minimum Gasteiger partial charge on any atom is -0.372 e. The third-order valence-corrected chi connectivity index (χ3v) is 3.14. The summed E-state index contributed by atoms with van der Waals surface area (Å²) in [5.74, 6) is 0.135. The molecule has 1 aromatic rings. The van der Waals surface area contributed by atoms with Gasteiger partial charge in [-0.05, 0) is 37.1 Å². The molecular formula is C13H17BrF3NO. The minimum absolute atomic E-state index is 0.0956. The van der Waals surface area contributed by atoms with Crippen molar-refractivity contribution in [1.29, 1.82) is 0 Å². The smallest absolute Gasteiger partial charge is 0.372 e. The van der Waals surface area contributed by atoms with Gasteiger partial charge in [0.25, 0.3) is 0 Å². The molecule has 1 N–H and O–H groups in total. The number of hydrogen-bond donors (Lipinski definition) is 1. The second-order valence-corrected chi connectivity index (χ2v) is 5.18. The lowest BCUT2D eigenvalue weighted by atomic mass is 9.96. The molecule has 1 rings (SSSR count). The van der Waals surface area contributed by atoms with E-state index in [0.717, 1.165) is 10.0 Å². The molecule has 1 atom stereocenters. The van der Waals surface area contributed by atoms with Crippen LogP contribution in [0.3, 0.4) is 0 Å². The molecule has 19 heavy (non-hydrogen) atoms. The van der Waals surface area contributed by atoms with Crippen molar-refractivity contribution >= 4 is 15.9 Å². The van der Waals surface area contributed by atoms with Crippen LogP contribution >= 0.6 is 15.9 Å². The largest absolute Gasteiger partial charge is 0.411 e. The average Bonchev–Trinajstić information content (AvgIpc) is 2.32. The van der Waals surface area contributed by atoms with Gasteiger partial charge in [0.05, 0.1) is 0 Å². The summed E-state index contributed by atoms with van der Waals surface area (Å²) >= 11 is 3.39. The van der Waals surface area contributed by atoms with Crippen molar-refractivity contribution in [2.45, 2.75) is 18.5 Å². The van der Waals surface area contributed by atoms with E-state index in [2.05, 4.69) is 26.0 Å². The van der Waals surface area contributed by atoms with Gasteiger partial charge in [0.15, 0.2) is 0 Å². The third kappa shape index (κ3) is 6.94. The summed E-state index contributed by atoms with van der Waals surface area (Å²) in [6.07, 6.45) is -3.71. The van der Waals surface area contributed by atoms with E-state index in [4.69, 9.17) is 0 Å². The molecule has 0 aliphatic heterocycles. The fourth-order valence-electron chi connectivity index (χ4n) is 1.81. The lowest BCUT2D eigenvalue weighted by Gasteiger charge is -2.17. The third-order valence-electron chi connectivity index (χ3n) is 2.65. The fraction of sp³-hybridized carbons (Fsp3) is 0.538. The summed E-state index contributed by atoms with van der Waals surface area (Å²) in [5, 5.41) is 3.05. The Bertz CT molecular complexity index is 384. The molecule has 0 aliphatic carbocycles. The van der Waals surface area contributed by atoms with Crippen LogP contribution in [0.4, 0.5) is 13.2 Å². The second-order valence-electron chi connectivity index (χ2n) is 4.27. The van der Waals surface area contributed by atoms with E-state index in [1.165, 1.54) is 0 Å². The van der Waals surface area contributed by atoms with Crippen LogP contribution < -0.4 is 5.32 Å².